The van der Waals surface area contributed by atoms with Crippen LogP contribution in [0.3, 0.4) is 0 Å². The van der Waals surface area contributed by atoms with E-state index in [1.54, 1.807) is 11.9 Å². The van der Waals surface area contributed by atoms with E-state index in [1.165, 1.54) is 6.07 Å². The molecule has 1 aromatic carbocycles. The third-order valence-electron chi connectivity index (χ3n) is 2.26. The molecule has 0 atom stereocenters. The van der Waals surface area contributed by atoms with Crippen molar-refractivity contribution < 1.29 is 4.39 Å². The topological polar surface area (TPSA) is 55.3 Å². The molecule has 0 aliphatic carbocycles. The molecule has 1 rings (SSSR count). The van der Waals surface area contributed by atoms with Gasteiger partial charge < -0.3 is 16.4 Å². The van der Waals surface area contributed by atoms with E-state index in [1.807, 2.05) is 13.8 Å². The first-order chi connectivity index (χ1) is 7.34. The van der Waals surface area contributed by atoms with Crippen LogP contribution in [0.4, 0.5) is 21.5 Å². The van der Waals surface area contributed by atoms with E-state index in [2.05, 4.69) is 0 Å². The van der Waals surface area contributed by atoms with Crippen molar-refractivity contribution >= 4 is 28.7 Å². The van der Waals surface area contributed by atoms with Crippen molar-refractivity contribution in [2.24, 2.45) is 5.92 Å². The molecule has 90 valence electrons. The van der Waals surface area contributed by atoms with Gasteiger partial charge in [0.15, 0.2) is 5.82 Å². The van der Waals surface area contributed by atoms with Gasteiger partial charge in [0.25, 0.3) is 0 Å². The van der Waals surface area contributed by atoms with Crippen LogP contribution in [0.1, 0.15) is 13.8 Å². The Morgan fingerprint density at radius 3 is 2.44 bits per heavy atom. The fourth-order valence-electron chi connectivity index (χ4n) is 1.68. The van der Waals surface area contributed by atoms with Crippen molar-refractivity contribution in [1.29, 1.82) is 0 Å². The molecule has 0 amide bonds. The molecule has 0 heterocycles. The Bertz CT molecular complexity index is 393. The Morgan fingerprint density at radius 2 is 1.94 bits per heavy atom. The van der Waals surface area contributed by atoms with Gasteiger partial charge in [0.1, 0.15) is 5.02 Å². The summed E-state index contributed by atoms with van der Waals surface area (Å²) in [5.41, 5.74) is 12.1. The predicted molar refractivity (Wildman–Crippen MR) is 68.3 cm³/mol. The number of nitrogens with two attached hydrogens (primary N) is 2. The van der Waals surface area contributed by atoms with Gasteiger partial charge in [-0.2, -0.15) is 0 Å². The van der Waals surface area contributed by atoms with E-state index >= 15 is 0 Å². The highest BCUT2D eigenvalue weighted by molar-refractivity contribution is 6.33. The smallest absolute Gasteiger partial charge is 0.169 e. The van der Waals surface area contributed by atoms with Crippen molar-refractivity contribution in [3.8, 4) is 0 Å². The average molecular weight is 246 g/mol. The van der Waals surface area contributed by atoms with Crippen LogP contribution in [0.25, 0.3) is 0 Å². The van der Waals surface area contributed by atoms with E-state index in [-0.39, 0.29) is 10.7 Å². The van der Waals surface area contributed by atoms with Crippen molar-refractivity contribution in [1.82, 2.24) is 0 Å². The molecular formula is C11H17ClFN3. The Labute approximate surface area is 100 Å². The van der Waals surface area contributed by atoms with Crippen LogP contribution in [0.2, 0.25) is 5.02 Å². The van der Waals surface area contributed by atoms with Gasteiger partial charge in [-0.15, -0.1) is 0 Å². The van der Waals surface area contributed by atoms with Gasteiger partial charge in [-0.05, 0) is 12.0 Å². The van der Waals surface area contributed by atoms with Gasteiger partial charge >= 0.3 is 0 Å². The SMILES string of the molecule is CC(C)CN(C)c1c(N)cc(N)c(Cl)c1F. The summed E-state index contributed by atoms with van der Waals surface area (Å²) < 4.78 is 13.9. The Morgan fingerprint density at radius 1 is 1.38 bits per heavy atom. The first kappa shape index (κ1) is 12.9. The van der Waals surface area contributed by atoms with E-state index < -0.39 is 5.82 Å². The minimum atomic E-state index is -0.553. The highest BCUT2D eigenvalue weighted by Crippen LogP contribution is 2.35. The van der Waals surface area contributed by atoms with Crippen LogP contribution in [-0.4, -0.2) is 13.6 Å². The van der Waals surface area contributed by atoms with E-state index in [0.29, 0.717) is 23.8 Å². The minimum Gasteiger partial charge on any atom is -0.397 e. The molecule has 1 aromatic rings. The molecule has 3 nitrogen and oxygen atoms in total. The fourth-order valence-corrected chi connectivity index (χ4v) is 1.83. The number of nitrogen functional groups attached to an aromatic ring is 2. The highest BCUT2D eigenvalue weighted by Gasteiger charge is 2.17. The average Bonchev–Trinajstić information content (AvgIpc) is 2.13. The molecule has 0 radical (unpaired) electrons. The van der Waals surface area contributed by atoms with E-state index in [9.17, 15) is 4.39 Å². The van der Waals surface area contributed by atoms with Gasteiger partial charge in [0.05, 0.1) is 17.1 Å². The number of hydrogen-bond acceptors (Lipinski definition) is 3. The largest absolute Gasteiger partial charge is 0.397 e. The maximum Gasteiger partial charge on any atom is 0.169 e. The molecular weight excluding hydrogens is 229 g/mol. The number of hydrogen-bond donors (Lipinski definition) is 2. The molecule has 0 aromatic heterocycles. The third kappa shape index (κ3) is 2.50. The standard InChI is InChI=1S/C11H17ClFN3/c1-6(2)5-16(3)11-8(15)4-7(14)9(12)10(11)13/h4,6H,5,14-15H2,1-3H3. The maximum absolute atomic E-state index is 13.9. The van der Waals surface area contributed by atoms with Crippen LogP contribution in [-0.2, 0) is 0 Å². The maximum atomic E-state index is 13.9. The zero-order valence-corrected chi connectivity index (χ0v) is 10.5. The summed E-state index contributed by atoms with van der Waals surface area (Å²) in [4.78, 5) is 1.75. The van der Waals surface area contributed by atoms with Crippen LogP contribution < -0.4 is 16.4 Å². The lowest BCUT2D eigenvalue weighted by Gasteiger charge is -2.24. The molecule has 0 aliphatic heterocycles. The second kappa shape index (κ2) is 4.78. The van der Waals surface area contributed by atoms with Gasteiger partial charge in [-0.3, -0.25) is 0 Å². The molecule has 16 heavy (non-hydrogen) atoms. The predicted octanol–water partition coefficient (Wildman–Crippen LogP) is 2.74. The lowest BCUT2D eigenvalue weighted by Crippen LogP contribution is -2.24. The third-order valence-corrected chi connectivity index (χ3v) is 2.64. The first-order valence-corrected chi connectivity index (χ1v) is 5.46. The quantitative estimate of drug-likeness (QED) is 0.805. The number of nitrogens with zero attached hydrogens (tertiary/aromatic N) is 1. The molecule has 0 unspecified atom stereocenters. The highest BCUT2D eigenvalue weighted by atomic mass is 35.5. The Kier molecular flexibility index (Phi) is 3.86. The van der Waals surface area contributed by atoms with Crippen LogP contribution in [0, 0.1) is 11.7 Å². The Hall–Kier alpha value is -1.16. The first-order valence-electron chi connectivity index (χ1n) is 5.08. The van der Waals surface area contributed by atoms with Crippen molar-refractivity contribution in [3.05, 3.63) is 16.9 Å². The van der Waals surface area contributed by atoms with Crippen LogP contribution in [0.15, 0.2) is 6.07 Å². The zero-order chi connectivity index (χ0) is 12.5. The summed E-state index contributed by atoms with van der Waals surface area (Å²) in [5, 5.41) is -0.0696. The summed E-state index contributed by atoms with van der Waals surface area (Å²) in [6.07, 6.45) is 0. The molecule has 0 saturated carbocycles. The molecule has 4 N–H and O–H groups in total. The Balaban J connectivity index is 3.18. The monoisotopic (exact) mass is 245 g/mol. The number of anilines is 3. The summed E-state index contributed by atoms with van der Waals surface area (Å²) in [7, 11) is 1.78. The van der Waals surface area contributed by atoms with Crippen molar-refractivity contribution in [2.45, 2.75) is 13.8 Å². The van der Waals surface area contributed by atoms with Gasteiger partial charge in [0, 0.05) is 13.6 Å². The zero-order valence-electron chi connectivity index (χ0n) is 9.72. The van der Waals surface area contributed by atoms with Crippen LogP contribution in [0.5, 0.6) is 0 Å². The summed E-state index contributed by atoms with van der Waals surface area (Å²) >= 11 is 5.75. The molecule has 0 bridgehead atoms. The van der Waals surface area contributed by atoms with Gasteiger partial charge in [0.2, 0.25) is 0 Å². The van der Waals surface area contributed by atoms with E-state index in [4.69, 9.17) is 23.1 Å². The molecule has 0 aliphatic rings. The van der Waals surface area contributed by atoms with Crippen LogP contribution >= 0.6 is 11.6 Å². The van der Waals surface area contributed by atoms with Crippen molar-refractivity contribution in [2.75, 3.05) is 30.0 Å². The molecule has 0 fully saturated rings. The number of rotatable bonds is 3. The number of halogens is 2. The molecule has 0 saturated heterocycles. The number of benzene rings is 1. The van der Waals surface area contributed by atoms with E-state index in [0.717, 1.165) is 0 Å². The fraction of sp³-hybridized carbons (Fsp3) is 0.455. The second-order valence-electron chi connectivity index (χ2n) is 4.31. The summed E-state index contributed by atoms with van der Waals surface area (Å²) in [5.74, 6) is -0.151. The summed E-state index contributed by atoms with van der Waals surface area (Å²) in [6.45, 7) is 4.79. The lowest BCUT2D eigenvalue weighted by molar-refractivity contribution is 0.601. The second-order valence-corrected chi connectivity index (χ2v) is 4.68. The van der Waals surface area contributed by atoms with Crippen molar-refractivity contribution in [3.63, 3.8) is 0 Å². The lowest BCUT2D eigenvalue weighted by atomic mass is 10.1. The minimum absolute atomic E-state index is 0.0696. The molecule has 5 heteroatoms. The van der Waals surface area contributed by atoms with Gasteiger partial charge in [-0.1, -0.05) is 25.4 Å². The normalized spacial score (nSPS) is 10.9. The summed E-state index contributed by atoms with van der Waals surface area (Å²) in [6, 6.07) is 1.48. The van der Waals surface area contributed by atoms with Gasteiger partial charge in [-0.25, -0.2) is 4.39 Å². The molecule has 0 spiro atoms.